The minimum atomic E-state index is 0.525. The van der Waals surface area contributed by atoms with Crippen molar-refractivity contribution in [1.82, 2.24) is 15.3 Å². The van der Waals surface area contributed by atoms with E-state index < -0.39 is 0 Å². The van der Waals surface area contributed by atoms with Gasteiger partial charge in [0.1, 0.15) is 5.82 Å². The molecule has 1 saturated carbocycles. The van der Waals surface area contributed by atoms with E-state index in [0.29, 0.717) is 11.5 Å². The Hall–Kier alpha value is -0.830. The first-order chi connectivity index (χ1) is 5.88. The Kier molecular flexibility index (Phi) is 1.17. The van der Waals surface area contributed by atoms with E-state index in [1.165, 1.54) is 31.6 Å². The fraction of sp³-hybridized carbons (Fsp3) is 0.667. The van der Waals surface area contributed by atoms with Gasteiger partial charge in [-0.2, -0.15) is 0 Å². The zero-order valence-electron chi connectivity index (χ0n) is 7.01. The van der Waals surface area contributed by atoms with E-state index >= 15 is 0 Å². The highest BCUT2D eigenvalue weighted by atomic mass is 15.1. The molecule has 0 radical (unpaired) electrons. The average molecular weight is 163 g/mol. The first kappa shape index (κ1) is 6.66. The van der Waals surface area contributed by atoms with Crippen LogP contribution in [0.3, 0.4) is 0 Å². The van der Waals surface area contributed by atoms with Crippen LogP contribution in [0.2, 0.25) is 0 Å². The quantitative estimate of drug-likeness (QED) is 0.649. The van der Waals surface area contributed by atoms with E-state index in [4.69, 9.17) is 0 Å². The van der Waals surface area contributed by atoms with Gasteiger partial charge < -0.3 is 10.3 Å². The lowest BCUT2D eigenvalue weighted by atomic mass is 9.63. The van der Waals surface area contributed by atoms with Crippen LogP contribution in [-0.4, -0.2) is 22.1 Å². The van der Waals surface area contributed by atoms with Crippen LogP contribution in [-0.2, 0) is 0 Å². The highest BCUT2D eigenvalue weighted by molar-refractivity contribution is 5.16. The monoisotopic (exact) mass is 163 g/mol. The van der Waals surface area contributed by atoms with Crippen LogP contribution in [0.15, 0.2) is 12.4 Å². The van der Waals surface area contributed by atoms with Gasteiger partial charge in [-0.3, -0.25) is 0 Å². The number of nitrogens with zero attached hydrogens (tertiary/aromatic N) is 1. The Morgan fingerprint density at radius 2 is 2.33 bits per heavy atom. The molecule has 1 aliphatic heterocycles. The molecule has 0 amide bonds. The Labute approximate surface area is 71.6 Å². The first-order valence-corrected chi connectivity index (χ1v) is 4.62. The summed E-state index contributed by atoms with van der Waals surface area (Å²) < 4.78 is 0. The van der Waals surface area contributed by atoms with E-state index in [9.17, 15) is 0 Å². The van der Waals surface area contributed by atoms with E-state index in [1.807, 2.05) is 12.4 Å². The van der Waals surface area contributed by atoms with Gasteiger partial charge in [0.15, 0.2) is 0 Å². The molecule has 1 saturated heterocycles. The van der Waals surface area contributed by atoms with Gasteiger partial charge >= 0.3 is 0 Å². The second-order valence-electron chi connectivity index (χ2n) is 4.04. The highest BCUT2D eigenvalue weighted by Crippen LogP contribution is 2.48. The second kappa shape index (κ2) is 2.10. The van der Waals surface area contributed by atoms with Crippen molar-refractivity contribution in [3.63, 3.8) is 0 Å². The molecule has 3 nitrogen and oxygen atoms in total. The first-order valence-electron chi connectivity index (χ1n) is 4.62. The third-order valence-electron chi connectivity index (χ3n) is 3.28. The third kappa shape index (κ3) is 0.771. The summed E-state index contributed by atoms with van der Waals surface area (Å²) in [4.78, 5) is 7.47. The Morgan fingerprint density at radius 3 is 2.83 bits per heavy atom. The van der Waals surface area contributed by atoms with E-state index in [1.54, 1.807) is 0 Å². The number of aromatic nitrogens is 2. The maximum atomic E-state index is 4.28. The van der Waals surface area contributed by atoms with E-state index in [0.717, 1.165) is 0 Å². The molecular formula is C9H13N3. The molecule has 1 aromatic heterocycles. The lowest BCUT2D eigenvalue weighted by Gasteiger charge is -2.54. The van der Waals surface area contributed by atoms with Gasteiger partial charge in [0.2, 0.25) is 0 Å². The van der Waals surface area contributed by atoms with Crippen LogP contribution < -0.4 is 5.32 Å². The summed E-state index contributed by atoms with van der Waals surface area (Å²) in [5.74, 6) is 1.86. The fourth-order valence-corrected chi connectivity index (χ4v) is 2.40. The Balaban J connectivity index is 1.69. The summed E-state index contributed by atoms with van der Waals surface area (Å²) in [6.07, 6.45) is 7.67. The zero-order valence-corrected chi connectivity index (χ0v) is 7.01. The Bertz CT molecular complexity index is 266. The van der Waals surface area contributed by atoms with Crippen molar-refractivity contribution >= 4 is 0 Å². The van der Waals surface area contributed by atoms with Gasteiger partial charge in [-0.05, 0) is 25.8 Å². The van der Waals surface area contributed by atoms with Gasteiger partial charge in [-0.15, -0.1) is 0 Å². The van der Waals surface area contributed by atoms with E-state index in [-0.39, 0.29) is 0 Å². The molecule has 2 aliphatic rings. The molecular weight excluding hydrogens is 150 g/mol. The molecule has 1 aromatic rings. The van der Waals surface area contributed by atoms with Crippen LogP contribution in [0.25, 0.3) is 0 Å². The highest BCUT2D eigenvalue weighted by Gasteiger charge is 2.49. The topological polar surface area (TPSA) is 40.7 Å². The minimum Gasteiger partial charge on any atom is -0.348 e. The molecule has 0 atom stereocenters. The SMILES string of the molecule is c1c[nH]c(C2CC3(CCN3)C2)n1. The van der Waals surface area contributed by atoms with E-state index in [2.05, 4.69) is 15.3 Å². The van der Waals surface area contributed by atoms with Crippen molar-refractivity contribution in [3.05, 3.63) is 18.2 Å². The van der Waals surface area contributed by atoms with Gasteiger partial charge in [-0.25, -0.2) is 4.98 Å². The number of aromatic amines is 1. The number of H-pyrrole nitrogens is 1. The lowest BCUT2D eigenvalue weighted by Crippen LogP contribution is -2.63. The summed E-state index contributed by atoms with van der Waals surface area (Å²) in [7, 11) is 0. The van der Waals surface area contributed by atoms with Gasteiger partial charge in [0.05, 0.1) is 0 Å². The maximum Gasteiger partial charge on any atom is 0.109 e. The molecule has 2 heterocycles. The number of hydrogen-bond donors (Lipinski definition) is 2. The lowest BCUT2D eigenvalue weighted by molar-refractivity contribution is 0.0734. The van der Waals surface area contributed by atoms with Crippen molar-refractivity contribution in [3.8, 4) is 0 Å². The van der Waals surface area contributed by atoms with Crippen LogP contribution >= 0.6 is 0 Å². The van der Waals surface area contributed by atoms with Crippen molar-refractivity contribution in [2.24, 2.45) is 0 Å². The maximum absolute atomic E-state index is 4.28. The molecule has 0 unspecified atom stereocenters. The van der Waals surface area contributed by atoms with Crippen LogP contribution in [0.5, 0.6) is 0 Å². The zero-order chi connectivity index (χ0) is 8.02. The molecule has 2 fully saturated rings. The van der Waals surface area contributed by atoms with Crippen molar-refractivity contribution in [2.45, 2.75) is 30.7 Å². The minimum absolute atomic E-state index is 0.525. The standard InChI is InChI=1S/C9H13N3/c1-2-12-9(1)5-7(6-9)8-10-3-4-11-8/h3-4,7,12H,1-2,5-6H2,(H,10,11). The number of imidazole rings is 1. The van der Waals surface area contributed by atoms with Crippen molar-refractivity contribution < 1.29 is 0 Å². The van der Waals surface area contributed by atoms with Gasteiger partial charge in [0, 0.05) is 23.9 Å². The fourth-order valence-electron chi connectivity index (χ4n) is 2.40. The van der Waals surface area contributed by atoms with Crippen LogP contribution in [0.4, 0.5) is 0 Å². The van der Waals surface area contributed by atoms with Crippen molar-refractivity contribution in [1.29, 1.82) is 0 Å². The number of nitrogens with one attached hydrogen (secondary N) is 2. The van der Waals surface area contributed by atoms with Gasteiger partial charge in [-0.1, -0.05) is 0 Å². The molecule has 1 spiro atoms. The summed E-state index contributed by atoms with van der Waals surface area (Å²) in [5, 5.41) is 3.51. The number of rotatable bonds is 1. The smallest absolute Gasteiger partial charge is 0.109 e. The predicted octanol–water partition coefficient (Wildman–Crippen LogP) is 1.02. The molecule has 12 heavy (non-hydrogen) atoms. The molecule has 64 valence electrons. The summed E-state index contributed by atoms with van der Waals surface area (Å²) in [5.41, 5.74) is 0.525. The molecule has 0 aromatic carbocycles. The molecule has 3 heteroatoms. The molecule has 2 N–H and O–H groups in total. The van der Waals surface area contributed by atoms with Gasteiger partial charge in [0.25, 0.3) is 0 Å². The summed E-state index contributed by atoms with van der Waals surface area (Å²) in [6, 6.07) is 0. The second-order valence-corrected chi connectivity index (χ2v) is 4.04. The average Bonchev–Trinajstić information content (AvgIpc) is 2.32. The largest absolute Gasteiger partial charge is 0.348 e. The number of hydrogen-bond acceptors (Lipinski definition) is 2. The van der Waals surface area contributed by atoms with Crippen LogP contribution in [0, 0.1) is 0 Å². The summed E-state index contributed by atoms with van der Waals surface area (Å²) in [6.45, 7) is 1.21. The Morgan fingerprint density at radius 1 is 1.50 bits per heavy atom. The normalized spacial score (nSPS) is 39.2. The van der Waals surface area contributed by atoms with Crippen molar-refractivity contribution in [2.75, 3.05) is 6.54 Å². The molecule has 3 rings (SSSR count). The predicted molar refractivity (Wildman–Crippen MR) is 45.9 cm³/mol. The molecule has 0 bridgehead atoms. The molecule has 1 aliphatic carbocycles. The summed E-state index contributed by atoms with van der Waals surface area (Å²) >= 11 is 0. The third-order valence-corrected chi connectivity index (χ3v) is 3.28. The van der Waals surface area contributed by atoms with Crippen LogP contribution in [0.1, 0.15) is 31.0 Å².